The maximum Gasteiger partial charge on any atom is 0.263 e. The second-order valence-electron chi connectivity index (χ2n) is 5.99. The van der Waals surface area contributed by atoms with Gasteiger partial charge in [-0.2, -0.15) is 0 Å². The van der Waals surface area contributed by atoms with Crippen molar-refractivity contribution in [1.82, 2.24) is 5.32 Å². The summed E-state index contributed by atoms with van der Waals surface area (Å²) in [6, 6.07) is 10.7. The molecule has 1 amide bonds. The van der Waals surface area contributed by atoms with E-state index < -0.39 is 10.0 Å². The van der Waals surface area contributed by atoms with Gasteiger partial charge in [-0.05, 0) is 62.7 Å². The lowest BCUT2D eigenvalue weighted by atomic mass is 10.2. The van der Waals surface area contributed by atoms with Crippen molar-refractivity contribution in [2.45, 2.75) is 38.1 Å². The molecule has 0 aliphatic carbocycles. The summed E-state index contributed by atoms with van der Waals surface area (Å²) in [4.78, 5) is 12.1. The molecule has 0 unspecified atom stereocenters. The number of halogens is 1. The standard InChI is InChI=1S/C19H23ClN2O4S/c1-4-13(3)21-19(23)14-6-11-17(20)18(12-14)27(24,25)22-15-7-9-16(10-8-15)26-5-2/h6-13,22H,4-5H2,1-3H3,(H,21,23)/t13-/m0/s1. The molecule has 6 nitrogen and oxygen atoms in total. The van der Waals surface area contributed by atoms with E-state index in [0.717, 1.165) is 6.42 Å². The molecule has 0 saturated carbocycles. The number of hydrogen-bond acceptors (Lipinski definition) is 4. The minimum Gasteiger partial charge on any atom is -0.494 e. The largest absolute Gasteiger partial charge is 0.494 e. The average molecular weight is 411 g/mol. The quantitative estimate of drug-likeness (QED) is 0.687. The van der Waals surface area contributed by atoms with Crippen molar-refractivity contribution in [2.75, 3.05) is 11.3 Å². The summed E-state index contributed by atoms with van der Waals surface area (Å²) < 4.78 is 33.3. The number of ether oxygens (including phenoxy) is 1. The van der Waals surface area contributed by atoms with Crippen LogP contribution in [0.2, 0.25) is 5.02 Å². The van der Waals surface area contributed by atoms with Crippen LogP contribution in [0, 0.1) is 0 Å². The van der Waals surface area contributed by atoms with Gasteiger partial charge in [0.1, 0.15) is 10.6 Å². The van der Waals surface area contributed by atoms with Gasteiger partial charge < -0.3 is 10.1 Å². The minimum absolute atomic E-state index is 0.0183. The summed E-state index contributed by atoms with van der Waals surface area (Å²) in [7, 11) is -3.96. The van der Waals surface area contributed by atoms with E-state index in [9.17, 15) is 13.2 Å². The molecule has 2 aromatic carbocycles. The van der Waals surface area contributed by atoms with E-state index in [2.05, 4.69) is 10.0 Å². The maximum absolute atomic E-state index is 12.7. The molecule has 0 heterocycles. The highest BCUT2D eigenvalue weighted by molar-refractivity contribution is 7.92. The highest BCUT2D eigenvalue weighted by atomic mass is 35.5. The summed E-state index contributed by atoms with van der Waals surface area (Å²) in [6.07, 6.45) is 0.768. The highest BCUT2D eigenvalue weighted by Crippen LogP contribution is 2.26. The minimum atomic E-state index is -3.96. The van der Waals surface area contributed by atoms with Crippen LogP contribution in [-0.4, -0.2) is 27.0 Å². The first-order valence-electron chi connectivity index (χ1n) is 8.63. The molecule has 0 fully saturated rings. The van der Waals surface area contributed by atoms with E-state index in [4.69, 9.17) is 16.3 Å². The zero-order valence-electron chi connectivity index (χ0n) is 15.5. The lowest BCUT2D eigenvalue weighted by Gasteiger charge is -2.14. The molecule has 146 valence electrons. The van der Waals surface area contributed by atoms with Gasteiger partial charge in [0.05, 0.1) is 11.6 Å². The van der Waals surface area contributed by atoms with Crippen molar-refractivity contribution in [2.24, 2.45) is 0 Å². The fourth-order valence-corrected chi connectivity index (χ4v) is 3.84. The van der Waals surface area contributed by atoms with Crippen molar-refractivity contribution >= 4 is 33.2 Å². The van der Waals surface area contributed by atoms with Crippen molar-refractivity contribution < 1.29 is 17.9 Å². The van der Waals surface area contributed by atoms with Crippen LogP contribution in [-0.2, 0) is 10.0 Å². The van der Waals surface area contributed by atoms with Crippen LogP contribution in [0.4, 0.5) is 5.69 Å². The van der Waals surface area contributed by atoms with Crippen LogP contribution in [0.5, 0.6) is 5.75 Å². The van der Waals surface area contributed by atoms with Crippen LogP contribution in [0.25, 0.3) is 0 Å². The van der Waals surface area contributed by atoms with Crippen LogP contribution in [0.3, 0.4) is 0 Å². The predicted octanol–water partition coefficient (Wildman–Crippen LogP) is 4.07. The molecule has 0 spiro atoms. The number of anilines is 1. The normalized spacial score (nSPS) is 12.3. The molecule has 2 rings (SSSR count). The molecule has 1 atom stereocenters. The van der Waals surface area contributed by atoms with E-state index in [1.54, 1.807) is 24.3 Å². The van der Waals surface area contributed by atoms with Crippen molar-refractivity contribution in [3.63, 3.8) is 0 Å². The molecule has 0 saturated heterocycles. The van der Waals surface area contributed by atoms with E-state index >= 15 is 0 Å². The lowest BCUT2D eigenvalue weighted by Crippen LogP contribution is -2.32. The van der Waals surface area contributed by atoms with Gasteiger partial charge in [-0.1, -0.05) is 18.5 Å². The van der Waals surface area contributed by atoms with E-state index in [-0.39, 0.29) is 27.4 Å². The number of carbonyl (C=O) groups is 1. The topological polar surface area (TPSA) is 84.5 Å². The van der Waals surface area contributed by atoms with Gasteiger partial charge >= 0.3 is 0 Å². The SMILES string of the molecule is CCOc1ccc(NS(=O)(=O)c2cc(C(=O)N[C@@H](C)CC)ccc2Cl)cc1. The van der Waals surface area contributed by atoms with Crippen LogP contribution in [0.15, 0.2) is 47.4 Å². The summed E-state index contributed by atoms with van der Waals surface area (Å²) >= 11 is 6.08. The van der Waals surface area contributed by atoms with E-state index in [0.29, 0.717) is 18.0 Å². The third-order valence-electron chi connectivity index (χ3n) is 3.89. The van der Waals surface area contributed by atoms with Gasteiger partial charge in [-0.25, -0.2) is 8.42 Å². The van der Waals surface area contributed by atoms with Gasteiger partial charge in [0, 0.05) is 17.3 Å². The smallest absolute Gasteiger partial charge is 0.263 e. The fraction of sp³-hybridized carbons (Fsp3) is 0.316. The van der Waals surface area contributed by atoms with Gasteiger partial charge in [0.15, 0.2) is 0 Å². The molecule has 27 heavy (non-hydrogen) atoms. The monoisotopic (exact) mass is 410 g/mol. The average Bonchev–Trinajstić information content (AvgIpc) is 2.63. The summed E-state index contributed by atoms with van der Waals surface area (Å²) in [5.41, 5.74) is 0.593. The number of rotatable bonds is 8. The van der Waals surface area contributed by atoms with Gasteiger partial charge in [-0.3, -0.25) is 9.52 Å². The van der Waals surface area contributed by atoms with Crippen molar-refractivity contribution in [3.8, 4) is 5.75 Å². The number of hydrogen-bond donors (Lipinski definition) is 2. The second-order valence-corrected chi connectivity index (χ2v) is 8.05. The Hall–Kier alpha value is -2.25. The summed E-state index contributed by atoms with van der Waals surface area (Å²) in [5.74, 6) is 0.292. The van der Waals surface area contributed by atoms with E-state index in [1.165, 1.54) is 18.2 Å². The Bertz CT molecular complexity index is 898. The summed E-state index contributed by atoms with van der Waals surface area (Å²) in [6.45, 7) is 6.21. The van der Waals surface area contributed by atoms with Gasteiger partial charge in [0.2, 0.25) is 0 Å². The number of carbonyl (C=O) groups excluding carboxylic acids is 1. The Morgan fingerprint density at radius 2 is 1.81 bits per heavy atom. The summed E-state index contributed by atoms with van der Waals surface area (Å²) in [5, 5.41) is 2.84. The third kappa shape index (κ3) is 5.61. The third-order valence-corrected chi connectivity index (χ3v) is 5.75. The second kappa shape index (κ2) is 9.10. The fourth-order valence-electron chi connectivity index (χ4n) is 2.26. The highest BCUT2D eigenvalue weighted by Gasteiger charge is 2.21. The molecule has 0 radical (unpaired) electrons. The van der Waals surface area contributed by atoms with Crippen molar-refractivity contribution in [3.05, 3.63) is 53.1 Å². The zero-order valence-corrected chi connectivity index (χ0v) is 17.0. The molecule has 0 aromatic heterocycles. The Balaban J connectivity index is 2.26. The molecular formula is C19H23ClN2O4S. The number of sulfonamides is 1. The Morgan fingerprint density at radius 1 is 1.15 bits per heavy atom. The number of benzene rings is 2. The maximum atomic E-state index is 12.7. The van der Waals surface area contributed by atoms with E-state index in [1.807, 2.05) is 20.8 Å². The van der Waals surface area contributed by atoms with Gasteiger partial charge in [0.25, 0.3) is 15.9 Å². The lowest BCUT2D eigenvalue weighted by molar-refractivity contribution is 0.0939. The van der Waals surface area contributed by atoms with Crippen LogP contribution in [0.1, 0.15) is 37.6 Å². The first-order valence-corrected chi connectivity index (χ1v) is 10.5. The van der Waals surface area contributed by atoms with Crippen LogP contribution >= 0.6 is 11.6 Å². The number of nitrogens with one attached hydrogen (secondary N) is 2. The molecule has 0 bridgehead atoms. The first kappa shape index (κ1) is 21.1. The molecular weight excluding hydrogens is 388 g/mol. The molecule has 2 N–H and O–H groups in total. The molecule has 8 heteroatoms. The molecule has 0 aliphatic rings. The Morgan fingerprint density at radius 3 is 2.41 bits per heavy atom. The Labute approximate surface area is 164 Å². The Kier molecular flexibility index (Phi) is 7.10. The zero-order chi connectivity index (χ0) is 20.0. The van der Waals surface area contributed by atoms with Crippen molar-refractivity contribution in [1.29, 1.82) is 0 Å². The molecule has 0 aliphatic heterocycles. The predicted molar refractivity (Wildman–Crippen MR) is 107 cm³/mol. The first-order chi connectivity index (χ1) is 12.8. The number of amides is 1. The van der Waals surface area contributed by atoms with Crippen LogP contribution < -0.4 is 14.8 Å². The van der Waals surface area contributed by atoms with Gasteiger partial charge in [-0.15, -0.1) is 0 Å². The molecule has 2 aromatic rings.